The molecular weight excluding hydrogens is 925 g/mol. The van der Waals surface area contributed by atoms with E-state index in [0.717, 1.165) is 49.0 Å². The van der Waals surface area contributed by atoms with E-state index in [9.17, 15) is 27.6 Å². The molecule has 3 aliphatic rings. The number of allylic oxidation sites excluding steroid dienone is 1. The molecule has 2 fully saturated rings. The van der Waals surface area contributed by atoms with Gasteiger partial charge in [-0.15, -0.1) is 11.3 Å². The Morgan fingerprint density at radius 3 is 2.58 bits per heavy atom. The van der Waals surface area contributed by atoms with Gasteiger partial charge in [-0.2, -0.15) is 17.7 Å². The van der Waals surface area contributed by atoms with Crippen LogP contribution in [0, 0.1) is 5.92 Å². The Hall–Kier alpha value is -4.85. The third kappa shape index (κ3) is 10.6. The lowest BCUT2D eigenvalue weighted by atomic mass is 10.0. The van der Waals surface area contributed by atoms with Gasteiger partial charge in [0, 0.05) is 54.3 Å². The van der Waals surface area contributed by atoms with Gasteiger partial charge in [-0.1, -0.05) is 59.1 Å². The molecule has 2 aromatic heterocycles. The minimum Gasteiger partial charge on any atom is -0.459 e. The number of rotatable bonds is 10. The number of alkyl carbamates (subject to hydrolysis) is 1. The fourth-order valence-corrected chi connectivity index (χ4v) is 10.2. The second-order valence-electron chi connectivity index (χ2n) is 18.2. The number of nitrogens with one attached hydrogen (secondary N) is 3. The lowest BCUT2D eigenvalue weighted by Crippen LogP contribution is -2.58. The van der Waals surface area contributed by atoms with E-state index in [1.165, 1.54) is 30.3 Å². The van der Waals surface area contributed by atoms with Crippen LogP contribution in [0.15, 0.2) is 64.5 Å². The molecule has 0 radical (unpaired) electrons. The van der Waals surface area contributed by atoms with E-state index in [1.54, 1.807) is 20.8 Å². The smallest absolute Gasteiger partial charge is 0.408 e. The van der Waals surface area contributed by atoms with E-state index in [1.807, 2.05) is 66.3 Å². The summed E-state index contributed by atoms with van der Waals surface area (Å²) in [4.78, 5) is 67.8. The molecule has 2 aromatic carbocycles. The maximum absolute atomic E-state index is 14.7. The summed E-state index contributed by atoms with van der Waals surface area (Å²) in [5.74, 6) is -2.51. The van der Waals surface area contributed by atoms with Gasteiger partial charge in [0.2, 0.25) is 11.8 Å². The number of carbonyl (C=O) groups excluding carboxylic acids is 4. The first kappa shape index (κ1) is 47.1. The fourth-order valence-electron chi connectivity index (χ4n) is 8.28. The van der Waals surface area contributed by atoms with E-state index in [2.05, 4.69) is 43.4 Å². The quantitative estimate of drug-likeness (QED) is 0.145. The van der Waals surface area contributed by atoms with Crippen LogP contribution < -0.4 is 20.1 Å². The monoisotopic (exact) mass is 980 g/mol. The summed E-state index contributed by atoms with van der Waals surface area (Å²) in [6, 6.07) is 12.0. The Kier molecular flexibility index (Phi) is 13.9. The molecule has 1 saturated carbocycles. The standard InChI is InChI=1S/C45H57BrN8O8S2/c1-27(2)54-35-20-14-18-33(39-47-31(26-63-39)22-28-15-13-17-30(46)21-28)37(35)49-42(54)61-32-23-36-38(55)50-45(41(57)51-64(59,60)52(6)7)24-29(45)16-11-9-8-10-12-19-34(40(56)53(36)25-32)48-43(58)62-44(3,4)5/h11,13-18,20-21,26-27,29,32,34,36H,8-10,12,19,22-25H2,1-7H3,(H,48,58)(H,50,55)(H,51,57)/b16-11-/t29-,32-,34+,36+,45-/m1/s1. The zero-order valence-corrected chi connectivity index (χ0v) is 40.4. The molecular formula is C45H57BrN8O8S2. The van der Waals surface area contributed by atoms with E-state index in [-0.39, 0.29) is 25.4 Å². The highest BCUT2D eigenvalue weighted by atomic mass is 79.9. The van der Waals surface area contributed by atoms with E-state index in [0.29, 0.717) is 37.2 Å². The Bertz CT molecular complexity index is 2550. The van der Waals surface area contributed by atoms with Gasteiger partial charge in [-0.05, 0) is 90.1 Å². The van der Waals surface area contributed by atoms with Crippen LogP contribution in [-0.4, -0.2) is 106 Å². The lowest BCUT2D eigenvalue weighted by molar-refractivity contribution is -0.141. The van der Waals surface area contributed by atoms with Crippen molar-refractivity contribution in [1.29, 1.82) is 0 Å². The third-order valence-electron chi connectivity index (χ3n) is 11.6. The highest BCUT2D eigenvalue weighted by Crippen LogP contribution is 2.46. The average Bonchev–Trinajstić information content (AvgIpc) is 3.52. The van der Waals surface area contributed by atoms with Crippen molar-refractivity contribution in [2.45, 2.75) is 121 Å². The predicted octanol–water partition coefficient (Wildman–Crippen LogP) is 6.65. The molecule has 19 heteroatoms. The Morgan fingerprint density at radius 1 is 1.09 bits per heavy atom. The molecule has 16 nitrogen and oxygen atoms in total. The number of thiazole rings is 1. The van der Waals surface area contributed by atoms with Crippen LogP contribution in [0.2, 0.25) is 0 Å². The van der Waals surface area contributed by atoms with Crippen LogP contribution >= 0.6 is 27.3 Å². The summed E-state index contributed by atoms with van der Waals surface area (Å²) >= 11 is 5.09. The predicted molar refractivity (Wildman–Crippen MR) is 248 cm³/mol. The number of benzene rings is 2. The van der Waals surface area contributed by atoms with Gasteiger partial charge < -0.3 is 25.0 Å². The van der Waals surface area contributed by atoms with Crippen LogP contribution in [0.5, 0.6) is 6.01 Å². The molecule has 0 unspecified atom stereocenters. The van der Waals surface area contributed by atoms with E-state index in [4.69, 9.17) is 19.4 Å². The van der Waals surface area contributed by atoms with Crippen LogP contribution in [0.4, 0.5) is 4.79 Å². The van der Waals surface area contributed by atoms with Crippen molar-refractivity contribution in [3.8, 4) is 16.6 Å². The molecule has 4 heterocycles. The van der Waals surface area contributed by atoms with E-state index >= 15 is 0 Å². The first-order chi connectivity index (χ1) is 30.2. The van der Waals surface area contributed by atoms with Crippen molar-refractivity contribution in [2.75, 3.05) is 20.6 Å². The average molecular weight is 982 g/mol. The number of hydrogen-bond donors (Lipinski definition) is 3. The lowest BCUT2D eigenvalue weighted by Gasteiger charge is -2.30. The van der Waals surface area contributed by atoms with Gasteiger partial charge in [0.15, 0.2) is 0 Å². The molecule has 7 rings (SSSR count). The van der Waals surface area contributed by atoms with Gasteiger partial charge in [0.05, 0.1) is 17.8 Å². The highest BCUT2D eigenvalue weighted by Gasteiger charge is 2.62. The Morgan fingerprint density at radius 2 is 1.86 bits per heavy atom. The molecule has 3 N–H and O–H groups in total. The van der Waals surface area contributed by atoms with Crippen molar-refractivity contribution < 1.29 is 37.1 Å². The highest BCUT2D eigenvalue weighted by molar-refractivity contribution is 9.10. The van der Waals surface area contributed by atoms with Crippen LogP contribution in [0.25, 0.3) is 21.6 Å². The van der Waals surface area contributed by atoms with Crippen molar-refractivity contribution in [2.24, 2.45) is 5.92 Å². The molecule has 1 saturated heterocycles. The topological polar surface area (TPSA) is 194 Å². The van der Waals surface area contributed by atoms with Crippen molar-refractivity contribution in [1.82, 2.24) is 39.1 Å². The van der Waals surface area contributed by atoms with Crippen LogP contribution in [0.3, 0.4) is 0 Å². The molecule has 64 heavy (non-hydrogen) atoms. The van der Waals surface area contributed by atoms with Crippen molar-refractivity contribution in [3.05, 3.63) is 75.7 Å². The Balaban J connectivity index is 1.21. The number of halogens is 1. The first-order valence-electron chi connectivity index (χ1n) is 21.6. The zero-order chi connectivity index (χ0) is 46.1. The molecule has 2 aliphatic heterocycles. The minimum absolute atomic E-state index is 0.0184. The summed E-state index contributed by atoms with van der Waals surface area (Å²) in [6.45, 7) is 9.19. The number of ether oxygens (including phenoxy) is 2. The largest absolute Gasteiger partial charge is 0.459 e. The third-order valence-corrected chi connectivity index (χ3v) is 14.4. The second-order valence-corrected chi connectivity index (χ2v) is 21.9. The van der Waals surface area contributed by atoms with Gasteiger partial charge in [0.25, 0.3) is 11.9 Å². The zero-order valence-electron chi connectivity index (χ0n) is 37.2. The molecule has 0 spiro atoms. The summed E-state index contributed by atoms with van der Waals surface area (Å²) in [6.07, 6.45) is 6.20. The maximum Gasteiger partial charge on any atom is 0.408 e. The second kappa shape index (κ2) is 18.9. The number of para-hydroxylation sites is 1. The maximum atomic E-state index is 14.7. The molecule has 1 aliphatic carbocycles. The summed E-state index contributed by atoms with van der Waals surface area (Å²) in [7, 11) is -1.60. The van der Waals surface area contributed by atoms with Crippen molar-refractivity contribution in [3.63, 3.8) is 0 Å². The number of aromatic nitrogens is 3. The van der Waals surface area contributed by atoms with Gasteiger partial charge >= 0.3 is 16.3 Å². The molecule has 5 atom stereocenters. The van der Waals surface area contributed by atoms with Crippen molar-refractivity contribution >= 4 is 72.3 Å². The number of amides is 4. The summed E-state index contributed by atoms with van der Waals surface area (Å²) < 4.78 is 43.9. The number of imidazole rings is 1. The minimum atomic E-state index is -4.19. The SMILES string of the molecule is CC(C)n1c(O[C@@H]2C[C@H]3C(=O)N[C@]4(C(=O)NS(=O)(=O)N(C)C)C[C@H]4/C=C\CCCCC[C@H](NC(=O)OC(C)(C)C)C(=O)N3C2)nc2c(-c3nc(Cc4cccc(Br)c4)cs3)cccc21. The first-order valence-corrected chi connectivity index (χ1v) is 24.8. The van der Waals surface area contributed by atoms with Gasteiger partial charge in [-0.25, -0.2) is 14.5 Å². The van der Waals surface area contributed by atoms with E-state index < -0.39 is 69.3 Å². The molecule has 4 aromatic rings. The van der Waals surface area contributed by atoms with Gasteiger partial charge in [0.1, 0.15) is 39.9 Å². The summed E-state index contributed by atoms with van der Waals surface area (Å²) in [5, 5.41) is 8.51. The van der Waals surface area contributed by atoms with Crippen LogP contribution in [-0.2, 0) is 35.8 Å². The van der Waals surface area contributed by atoms with Gasteiger partial charge in [-0.3, -0.25) is 19.0 Å². The summed E-state index contributed by atoms with van der Waals surface area (Å²) in [5.41, 5.74) is 2.01. The molecule has 344 valence electrons. The molecule has 4 amide bonds. The van der Waals surface area contributed by atoms with Crippen LogP contribution in [0.1, 0.15) is 96.9 Å². The Labute approximate surface area is 386 Å². The fraction of sp³-hybridized carbons (Fsp3) is 0.511. The number of nitrogens with zero attached hydrogens (tertiary/aromatic N) is 5. The number of fused-ring (bicyclic) bond motifs is 3. The number of hydrogen-bond acceptors (Lipinski definition) is 11. The molecule has 0 bridgehead atoms. The number of carbonyl (C=O) groups is 4. The normalized spacial score (nSPS) is 23.8.